The van der Waals surface area contributed by atoms with E-state index >= 15 is 0 Å². The number of carbonyl (C=O) groups is 2. The van der Waals surface area contributed by atoms with E-state index in [9.17, 15) is 14.9 Å². The van der Waals surface area contributed by atoms with Crippen LogP contribution in [-0.2, 0) is 9.53 Å². The number of benzene rings is 1. The van der Waals surface area contributed by atoms with Crippen molar-refractivity contribution in [1.29, 1.82) is 5.26 Å². The Hall–Kier alpha value is -3.80. The predicted octanol–water partition coefficient (Wildman–Crippen LogP) is 5.33. The first-order valence-corrected chi connectivity index (χ1v) is 14.3. The lowest BCUT2D eigenvalue weighted by atomic mass is 9.79. The molecule has 9 heteroatoms. The van der Waals surface area contributed by atoms with Gasteiger partial charge < -0.3 is 24.8 Å². The number of rotatable bonds is 4. The number of aromatic nitrogens is 1. The minimum Gasteiger partial charge on any atom is -0.444 e. The van der Waals surface area contributed by atoms with Gasteiger partial charge in [0.05, 0.1) is 11.6 Å². The summed E-state index contributed by atoms with van der Waals surface area (Å²) in [6, 6.07) is 12.2. The van der Waals surface area contributed by atoms with Crippen LogP contribution in [0.25, 0.3) is 0 Å². The van der Waals surface area contributed by atoms with Gasteiger partial charge in [-0.3, -0.25) is 4.79 Å². The van der Waals surface area contributed by atoms with E-state index in [1.807, 2.05) is 31.7 Å². The van der Waals surface area contributed by atoms with Gasteiger partial charge in [0, 0.05) is 67.7 Å². The van der Waals surface area contributed by atoms with Crippen molar-refractivity contribution in [2.75, 3.05) is 34.8 Å². The average Bonchev–Trinajstić information content (AvgIpc) is 3.74. The molecule has 1 aliphatic carbocycles. The minimum atomic E-state index is -0.532. The molecule has 40 heavy (non-hydrogen) atoms. The molecule has 2 amide bonds. The summed E-state index contributed by atoms with van der Waals surface area (Å²) in [4.78, 5) is 36.4. The van der Waals surface area contributed by atoms with Crippen LogP contribution in [0.2, 0.25) is 0 Å². The molecule has 0 unspecified atom stereocenters. The van der Waals surface area contributed by atoms with Crippen molar-refractivity contribution < 1.29 is 14.3 Å². The van der Waals surface area contributed by atoms with E-state index in [0.717, 1.165) is 29.8 Å². The minimum absolute atomic E-state index is 0.0108. The molecule has 5 rings (SSSR count). The summed E-state index contributed by atoms with van der Waals surface area (Å²) in [7, 11) is 0. The van der Waals surface area contributed by atoms with Crippen molar-refractivity contribution in [1.82, 2.24) is 9.88 Å². The largest absolute Gasteiger partial charge is 0.444 e. The molecule has 1 saturated heterocycles. The highest BCUT2D eigenvalue weighted by atomic mass is 16.6. The molecule has 0 spiro atoms. The lowest BCUT2D eigenvalue weighted by molar-refractivity contribution is -0.117. The zero-order valence-electron chi connectivity index (χ0n) is 24.3. The van der Waals surface area contributed by atoms with Crippen LogP contribution in [-0.4, -0.2) is 59.2 Å². The van der Waals surface area contributed by atoms with E-state index in [1.54, 1.807) is 24.1 Å². The van der Waals surface area contributed by atoms with Crippen LogP contribution in [0.3, 0.4) is 0 Å². The van der Waals surface area contributed by atoms with E-state index in [4.69, 9.17) is 4.74 Å². The summed E-state index contributed by atoms with van der Waals surface area (Å²) in [5.74, 6) is 1.41. The van der Waals surface area contributed by atoms with Gasteiger partial charge in [-0.15, -0.1) is 0 Å². The molecule has 9 nitrogen and oxygen atoms in total. The number of amides is 2. The molecule has 3 aliphatic rings. The van der Waals surface area contributed by atoms with Crippen LogP contribution < -0.4 is 15.1 Å². The maximum absolute atomic E-state index is 13.0. The Morgan fingerprint density at radius 3 is 2.45 bits per heavy atom. The van der Waals surface area contributed by atoms with E-state index in [2.05, 4.69) is 53.3 Å². The monoisotopic (exact) mass is 544 g/mol. The Bertz CT molecular complexity index is 1310. The lowest BCUT2D eigenvalue weighted by Crippen LogP contribution is -2.55. The second-order valence-corrected chi connectivity index (χ2v) is 12.5. The number of hydrogen-bond donors (Lipinski definition) is 1. The number of nitrogens with zero attached hydrogens (tertiary/aromatic N) is 5. The standard InChI is InChI=1S/C31H40N6O3/c1-19-18-35(13-14-36(19)30(39)40-31(4,5)6)24-10-11-26-25(15-24)28(34-27-12-7-22(16-32)17-33-27)20(2)29(23-8-9-23)37(26)21(3)38/h7,10-12,15,17,19-20,23,28-29H,8-9,13-14,18H2,1-6H3,(H,33,34)/t19-,20+,28+,29+/m0/s1. The van der Waals surface area contributed by atoms with Gasteiger partial charge in [-0.25, -0.2) is 9.78 Å². The fourth-order valence-corrected chi connectivity index (χ4v) is 6.24. The normalized spacial score (nSPS) is 24.7. The topological polar surface area (TPSA) is 102 Å². The van der Waals surface area contributed by atoms with Crippen molar-refractivity contribution in [3.63, 3.8) is 0 Å². The number of piperazine rings is 1. The maximum Gasteiger partial charge on any atom is 0.410 e. The molecular weight excluding hydrogens is 504 g/mol. The van der Waals surface area contributed by atoms with E-state index in [1.165, 1.54) is 0 Å². The Balaban J connectivity index is 1.45. The van der Waals surface area contributed by atoms with E-state index < -0.39 is 5.60 Å². The van der Waals surface area contributed by atoms with Gasteiger partial charge in [-0.05, 0) is 76.8 Å². The maximum atomic E-state index is 13.0. The predicted molar refractivity (Wildman–Crippen MR) is 155 cm³/mol. The van der Waals surface area contributed by atoms with Crippen molar-refractivity contribution in [3.05, 3.63) is 47.7 Å². The quantitative estimate of drug-likeness (QED) is 0.555. The Morgan fingerprint density at radius 2 is 1.88 bits per heavy atom. The highest BCUT2D eigenvalue weighted by Gasteiger charge is 2.47. The molecular formula is C31H40N6O3. The molecule has 2 fully saturated rings. The summed E-state index contributed by atoms with van der Waals surface area (Å²) in [5.41, 5.74) is 3.05. The molecule has 1 aromatic heterocycles. The third-order valence-corrected chi connectivity index (χ3v) is 8.23. The number of hydrogen-bond acceptors (Lipinski definition) is 7. The first-order valence-electron chi connectivity index (χ1n) is 14.3. The number of fused-ring (bicyclic) bond motifs is 1. The van der Waals surface area contributed by atoms with Gasteiger partial charge in [-0.2, -0.15) is 5.26 Å². The van der Waals surface area contributed by atoms with Crippen LogP contribution in [0.4, 0.5) is 22.0 Å². The average molecular weight is 545 g/mol. The van der Waals surface area contributed by atoms with E-state index in [-0.39, 0.29) is 36.0 Å². The second-order valence-electron chi connectivity index (χ2n) is 12.5. The molecule has 1 saturated carbocycles. The van der Waals surface area contributed by atoms with Crippen molar-refractivity contribution in [3.8, 4) is 6.07 Å². The van der Waals surface area contributed by atoms with Gasteiger partial charge in [0.25, 0.3) is 0 Å². The van der Waals surface area contributed by atoms with Crippen LogP contribution in [0, 0.1) is 23.2 Å². The summed E-state index contributed by atoms with van der Waals surface area (Å²) >= 11 is 0. The van der Waals surface area contributed by atoms with Gasteiger partial charge in [0.15, 0.2) is 0 Å². The summed E-state index contributed by atoms with van der Waals surface area (Å²) in [6.45, 7) is 13.5. The molecule has 2 aliphatic heterocycles. The van der Waals surface area contributed by atoms with E-state index in [0.29, 0.717) is 36.9 Å². The molecule has 0 bridgehead atoms. The molecule has 3 heterocycles. The number of ether oxygens (including phenoxy) is 1. The Labute approximate surface area is 237 Å². The van der Waals surface area contributed by atoms with Gasteiger partial charge in [-0.1, -0.05) is 6.92 Å². The number of pyridine rings is 1. The number of anilines is 3. The first-order chi connectivity index (χ1) is 19.0. The zero-order valence-corrected chi connectivity index (χ0v) is 24.3. The van der Waals surface area contributed by atoms with Crippen LogP contribution >= 0.6 is 0 Å². The fourth-order valence-electron chi connectivity index (χ4n) is 6.24. The Morgan fingerprint density at radius 1 is 1.12 bits per heavy atom. The molecule has 212 valence electrons. The molecule has 4 atom stereocenters. The smallest absolute Gasteiger partial charge is 0.410 e. The second kappa shape index (κ2) is 10.6. The number of nitriles is 1. The highest BCUT2D eigenvalue weighted by Crippen LogP contribution is 2.50. The molecule has 0 radical (unpaired) electrons. The van der Waals surface area contributed by atoms with Crippen molar-refractivity contribution >= 4 is 29.2 Å². The van der Waals surface area contributed by atoms with Crippen LogP contribution in [0.1, 0.15) is 71.6 Å². The first kappa shape index (κ1) is 27.8. The molecule has 2 aromatic rings. The number of carbonyl (C=O) groups excluding carboxylic acids is 2. The SMILES string of the molecule is CC(=O)N1c2ccc(N3CCN(C(=O)OC(C)(C)C)[C@@H](C)C3)cc2[C@H](Nc2ccc(C#N)cn2)[C@@H](C)[C@@H]1C1CC1. The summed E-state index contributed by atoms with van der Waals surface area (Å²) < 4.78 is 5.63. The third kappa shape index (κ3) is 5.58. The number of nitrogens with one attached hydrogen (secondary N) is 1. The van der Waals surface area contributed by atoms with Crippen LogP contribution in [0.5, 0.6) is 0 Å². The summed E-state index contributed by atoms with van der Waals surface area (Å²) in [6.07, 6.45) is 3.57. The van der Waals surface area contributed by atoms with Gasteiger partial charge >= 0.3 is 6.09 Å². The lowest BCUT2D eigenvalue weighted by Gasteiger charge is -2.46. The molecule has 1 N–H and O–H groups in total. The van der Waals surface area contributed by atoms with Crippen molar-refractivity contribution in [2.24, 2.45) is 11.8 Å². The Kier molecular flexibility index (Phi) is 7.38. The third-order valence-electron chi connectivity index (χ3n) is 8.23. The van der Waals surface area contributed by atoms with Crippen molar-refractivity contribution in [2.45, 2.75) is 78.1 Å². The molecule has 1 aromatic carbocycles. The van der Waals surface area contributed by atoms with Crippen LogP contribution in [0.15, 0.2) is 36.5 Å². The fraction of sp³-hybridized carbons (Fsp3) is 0.548. The highest BCUT2D eigenvalue weighted by molar-refractivity contribution is 5.94. The summed E-state index contributed by atoms with van der Waals surface area (Å²) in [5, 5.41) is 12.8. The van der Waals surface area contributed by atoms with Gasteiger partial charge in [0.1, 0.15) is 17.5 Å². The zero-order chi connectivity index (χ0) is 28.8. The van der Waals surface area contributed by atoms with Gasteiger partial charge in [0.2, 0.25) is 5.91 Å².